The molecule has 8 N–H and O–H groups in total. The molecule has 18 nitrogen and oxygen atoms in total. The van der Waals surface area contributed by atoms with Crippen molar-refractivity contribution < 1.29 is 49.4 Å². The van der Waals surface area contributed by atoms with Gasteiger partial charge in [-0.25, -0.2) is 5.26 Å². The number of nitrogen functional groups attached to an aromatic ring is 2. The van der Waals surface area contributed by atoms with Crippen molar-refractivity contribution in [2.75, 3.05) is 16.8 Å². The maximum atomic E-state index is 13.5. The number of halogens is 2. The number of nitrogens with zero attached hydrogens (tertiary/aromatic N) is 6. The molecule has 45 heavy (non-hydrogen) atoms. The normalized spacial score (nSPS) is 12.3. The minimum Gasteiger partial charge on any atom is -0.397 e. The molecule has 0 unspecified atom stereocenters. The Morgan fingerprint density at radius 3 is 1.87 bits per heavy atom. The van der Waals surface area contributed by atoms with E-state index >= 15 is 0 Å². The smallest absolute Gasteiger partial charge is 0.313 e. The number of aromatic nitrogens is 2. The number of anilines is 4. The molecule has 4 aromatic rings. The Hall–Kier alpha value is -4.75. The summed E-state index contributed by atoms with van der Waals surface area (Å²) in [5.74, 6) is -1.51. The third-order valence-electron chi connectivity index (χ3n) is 5.25. The van der Waals surface area contributed by atoms with E-state index in [4.69, 9.17) is 16.7 Å². The Bertz CT molecular complexity index is 2030. The first-order valence-electron chi connectivity index (χ1n) is 11.5. The first-order chi connectivity index (χ1) is 21.1. The zero-order valence-corrected chi connectivity index (χ0v) is 24.3. The van der Waals surface area contributed by atoms with Crippen LogP contribution in [0.3, 0.4) is 0 Å². The summed E-state index contributed by atoms with van der Waals surface area (Å²) in [4.78, 5) is 5.05. The summed E-state index contributed by atoms with van der Waals surface area (Å²) in [6.45, 7) is 0. The molecule has 0 amide bonds. The SMILES string of the molecule is Nc1cc(N)c(/N=N/c2cc(SOOO)ccc2S(=O)(=O)O)cc1/N=N/c1cc(Nc2cc(F)nc(F)n2)ccc1S(=O)(=O)O. The van der Waals surface area contributed by atoms with E-state index in [1.807, 2.05) is 0 Å². The Morgan fingerprint density at radius 2 is 1.31 bits per heavy atom. The third kappa shape index (κ3) is 8.67. The van der Waals surface area contributed by atoms with E-state index < -0.39 is 47.7 Å². The molecule has 0 aliphatic carbocycles. The average Bonchev–Trinajstić information content (AvgIpc) is 2.93. The molecule has 0 aliphatic rings. The van der Waals surface area contributed by atoms with Crippen molar-refractivity contribution in [2.24, 2.45) is 20.5 Å². The Labute approximate surface area is 255 Å². The molecule has 0 atom stereocenters. The maximum Gasteiger partial charge on any atom is 0.313 e. The van der Waals surface area contributed by atoms with Gasteiger partial charge in [0, 0.05) is 16.6 Å². The molecule has 0 spiro atoms. The van der Waals surface area contributed by atoms with E-state index in [1.165, 1.54) is 12.1 Å². The van der Waals surface area contributed by atoms with Gasteiger partial charge in [-0.15, -0.1) is 24.8 Å². The summed E-state index contributed by atoms with van der Waals surface area (Å²) >= 11 is 0.469. The Balaban J connectivity index is 1.71. The predicted molar refractivity (Wildman–Crippen MR) is 152 cm³/mol. The Kier molecular flexibility index (Phi) is 9.94. The molecule has 1 heterocycles. The fraction of sp³-hybridized carbons (Fsp3) is 0. The highest BCUT2D eigenvalue weighted by Crippen LogP contribution is 2.38. The van der Waals surface area contributed by atoms with Crippen LogP contribution in [0.15, 0.2) is 89.7 Å². The lowest BCUT2D eigenvalue weighted by molar-refractivity contribution is -0.432. The number of hydrogen-bond acceptors (Lipinski definition) is 17. The molecule has 3 aromatic carbocycles. The van der Waals surface area contributed by atoms with Crippen molar-refractivity contribution >= 4 is 77.9 Å². The standard InChI is InChI=1S/C22H17F2N9O9S3/c23-20-9-21(29-22(24)28-20)27-10-1-3-18(44(35,36)37)16(5-10)32-30-14-8-15(13(26)7-12(14)25)31-33-17-6-11(43-42-41-34)2-4-19(17)45(38,39)40/h1-9,34H,25-26H2,(H,27,28,29)(H,35,36,37)(H,38,39,40)/b32-30+,33-31+. The topological polar surface area (TPSA) is 287 Å². The number of nitrogens with two attached hydrogens (primary N) is 2. The van der Waals surface area contributed by atoms with Gasteiger partial charge in [0.2, 0.25) is 5.95 Å². The molecule has 0 saturated carbocycles. The fourth-order valence-electron chi connectivity index (χ4n) is 3.39. The van der Waals surface area contributed by atoms with Gasteiger partial charge < -0.3 is 16.8 Å². The van der Waals surface area contributed by atoms with E-state index in [0.29, 0.717) is 12.0 Å². The van der Waals surface area contributed by atoms with Crippen LogP contribution in [0.2, 0.25) is 0 Å². The number of rotatable bonds is 11. The maximum absolute atomic E-state index is 13.5. The van der Waals surface area contributed by atoms with Gasteiger partial charge in [-0.1, -0.05) is 5.04 Å². The van der Waals surface area contributed by atoms with Crippen LogP contribution in [0.4, 0.5) is 54.4 Å². The summed E-state index contributed by atoms with van der Waals surface area (Å²) in [5.41, 5.74) is 10.7. The van der Waals surface area contributed by atoms with Gasteiger partial charge in [-0.3, -0.25) is 9.11 Å². The molecule has 23 heteroatoms. The van der Waals surface area contributed by atoms with Crippen LogP contribution in [0.1, 0.15) is 0 Å². The highest BCUT2D eigenvalue weighted by molar-refractivity contribution is 7.94. The second-order valence-corrected chi connectivity index (χ2v) is 11.9. The third-order valence-corrected chi connectivity index (χ3v) is 7.63. The molecule has 0 fully saturated rings. The summed E-state index contributed by atoms with van der Waals surface area (Å²) in [6.07, 6.45) is -1.37. The van der Waals surface area contributed by atoms with E-state index in [9.17, 15) is 34.7 Å². The molecule has 0 bridgehead atoms. The van der Waals surface area contributed by atoms with E-state index in [-0.39, 0.29) is 44.8 Å². The van der Waals surface area contributed by atoms with Crippen LogP contribution < -0.4 is 16.8 Å². The van der Waals surface area contributed by atoms with Gasteiger partial charge in [0.15, 0.2) is 0 Å². The molecule has 0 saturated heterocycles. The van der Waals surface area contributed by atoms with Crippen LogP contribution in [-0.4, -0.2) is 41.2 Å². The summed E-state index contributed by atoms with van der Waals surface area (Å²) < 4.78 is 97.8. The molecule has 0 aliphatic heterocycles. The van der Waals surface area contributed by atoms with Gasteiger partial charge in [0.05, 0.1) is 23.4 Å². The van der Waals surface area contributed by atoms with Gasteiger partial charge in [-0.05, 0) is 48.5 Å². The van der Waals surface area contributed by atoms with Crippen molar-refractivity contribution in [3.63, 3.8) is 0 Å². The van der Waals surface area contributed by atoms with Gasteiger partial charge in [0.25, 0.3) is 20.2 Å². The van der Waals surface area contributed by atoms with Crippen molar-refractivity contribution in [1.82, 2.24) is 9.97 Å². The second kappa shape index (κ2) is 13.5. The van der Waals surface area contributed by atoms with Crippen LogP contribution in [-0.2, 0) is 29.6 Å². The van der Waals surface area contributed by atoms with Crippen LogP contribution in [0.5, 0.6) is 0 Å². The lowest BCUT2D eigenvalue weighted by Crippen LogP contribution is -2.02. The van der Waals surface area contributed by atoms with Gasteiger partial charge in [-0.2, -0.15) is 35.6 Å². The largest absolute Gasteiger partial charge is 0.397 e. The van der Waals surface area contributed by atoms with Crippen molar-refractivity contribution in [1.29, 1.82) is 0 Å². The number of benzene rings is 3. The molecule has 0 radical (unpaired) electrons. The molecule has 236 valence electrons. The monoisotopic (exact) mass is 685 g/mol. The van der Waals surface area contributed by atoms with E-state index in [0.717, 1.165) is 42.5 Å². The fourth-order valence-corrected chi connectivity index (χ4v) is 4.99. The minimum atomic E-state index is -4.84. The highest BCUT2D eigenvalue weighted by Gasteiger charge is 2.19. The van der Waals surface area contributed by atoms with Gasteiger partial charge >= 0.3 is 6.08 Å². The minimum absolute atomic E-state index is 0.0274. The second-order valence-electron chi connectivity index (χ2n) is 8.33. The molecule has 1 aromatic heterocycles. The zero-order valence-electron chi connectivity index (χ0n) is 21.8. The average molecular weight is 686 g/mol. The van der Waals surface area contributed by atoms with Crippen LogP contribution in [0.25, 0.3) is 0 Å². The quantitative estimate of drug-likeness (QED) is 0.0168. The van der Waals surface area contributed by atoms with Crippen molar-refractivity contribution in [2.45, 2.75) is 14.7 Å². The van der Waals surface area contributed by atoms with Gasteiger partial charge in [0.1, 0.15) is 38.4 Å². The summed E-state index contributed by atoms with van der Waals surface area (Å²) in [6, 6.07) is 9.54. The van der Waals surface area contributed by atoms with E-state index in [1.54, 1.807) is 0 Å². The molecular formula is C22H17F2N9O9S3. The first kappa shape index (κ1) is 33.1. The zero-order chi connectivity index (χ0) is 32.9. The lowest BCUT2D eigenvalue weighted by atomic mass is 10.2. The summed E-state index contributed by atoms with van der Waals surface area (Å²) in [5, 5.41) is 29.8. The molecular weight excluding hydrogens is 668 g/mol. The van der Waals surface area contributed by atoms with Crippen LogP contribution >= 0.6 is 12.0 Å². The number of azo groups is 2. The summed E-state index contributed by atoms with van der Waals surface area (Å²) in [7, 11) is -9.62. The first-order valence-corrected chi connectivity index (χ1v) is 15.1. The predicted octanol–water partition coefficient (Wildman–Crippen LogP) is 5.42. The number of hydrogen-bond donors (Lipinski definition) is 6. The highest BCUT2D eigenvalue weighted by atomic mass is 32.2. The van der Waals surface area contributed by atoms with Crippen molar-refractivity contribution in [3.8, 4) is 0 Å². The number of nitrogens with one attached hydrogen (secondary N) is 1. The Morgan fingerprint density at radius 1 is 0.756 bits per heavy atom. The lowest BCUT2D eigenvalue weighted by Gasteiger charge is -2.09. The molecule has 4 rings (SSSR count). The van der Waals surface area contributed by atoms with Crippen LogP contribution in [0, 0.1) is 12.0 Å². The van der Waals surface area contributed by atoms with E-state index in [2.05, 4.69) is 45.1 Å². The van der Waals surface area contributed by atoms with Crippen molar-refractivity contribution in [3.05, 3.63) is 66.6 Å².